The second kappa shape index (κ2) is 8.55. The average molecular weight is 347 g/mol. The van der Waals surface area contributed by atoms with Crippen LogP contribution in [0, 0.1) is 19.3 Å². The molecule has 1 aliphatic rings. The highest BCUT2D eigenvalue weighted by molar-refractivity contribution is 5.99. The van der Waals surface area contributed by atoms with E-state index in [1.165, 1.54) is 11.1 Å². The number of nitrogens with zero attached hydrogens (tertiary/aromatic N) is 3. The Morgan fingerprint density at radius 3 is 2.27 bits per heavy atom. The highest BCUT2D eigenvalue weighted by Crippen LogP contribution is 2.19. The summed E-state index contributed by atoms with van der Waals surface area (Å²) in [5, 5.41) is 0. The number of methoxy groups -OCH3 is 1. The fourth-order valence-electron chi connectivity index (χ4n) is 3.04. The third-order valence-electron chi connectivity index (χ3n) is 4.64. The molecule has 4 heteroatoms. The Labute approximate surface area is 156 Å². The normalized spacial score (nSPS) is 15.6. The fourth-order valence-corrected chi connectivity index (χ4v) is 3.04. The van der Waals surface area contributed by atoms with Crippen molar-refractivity contribution in [2.75, 3.05) is 33.3 Å². The third kappa shape index (κ3) is 4.65. The second-order valence-corrected chi connectivity index (χ2v) is 6.53. The van der Waals surface area contributed by atoms with Crippen molar-refractivity contribution < 1.29 is 4.74 Å². The van der Waals surface area contributed by atoms with Gasteiger partial charge < -0.3 is 9.64 Å². The molecule has 26 heavy (non-hydrogen) atoms. The molecule has 0 saturated carbocycles. The lowest BCUT2D eigenvalue weighted by molar-refractivity contribution is 0.176. The molecular weight excluding hydrogens is 322 g/mol. The van der Waals surface area contributed by atoms with E-state index < -0.39 is 0 Å². The molecule has 0 amide bonds. The van der Waals surface area contributed by atoms with Gasteiger partial charge in [0, 0.05) is 32.7 Å². The van der Waals surface area contributed by atoms with Gasteiger partial charge in [-0.1, -0.05) is 29.8 Å². The molecule has 0 radical (unpaired) electrons. The Bertz CT molecular complexity index is 780. The number of amidine groups is 1. The molecule has 0 aliphatic carbocycles. The standard InChI is InChI=1S/C22H25N3O/c1-4-22(23-20-9-11-21(26-3)12-10-20)25-15-13-24(14-16-25)17-19-7-5-18(2)6-8-19/h1,5-12H,13-17H2,2-3H3. The number of rotatable bonds is 4. The van der Waals surface area contributed by atoms with Gasteiger partial charge in [0.1, 0.15) is 5.75 Å². The summed E-state index contributed by atoms with van der Waals surface area (Å²) in [6.45, 7) is 6.85. The van der Waals surface area contributed by atoms with Gasteiger partial charge in [0.25, 0.3) is 0 Å². The van der Waals surface area contributed by atoms with Crippen LogP contribution in [0.25, 0.3) is 0 Å². The summed E-state index contributed by atoms with van der Waals surface area (Å²) in [7, 11) is 1.65. The second-order valence-electron chi connectivity index (χ2n) is 6.53. The first-order valence-electron chi connectivity index (χ1n) is 8.90. The number of aliphatic imine (C=N–C) groups is 1. The minimum absolute atomic E-state index is 0.699. The van der Waals surface area contributed by atoms with Crippen LogP contribution in [-0.4, -0.2) is 48.9 Å². The number of hydrogen-bond donors (Lipinski definition) is 0. The van der Waals surface area contributed by atoms with Crippen molar-refractivity contribution in [3.63, 3.8) is 0 Å². The molecule has 1 fully saturated rings. The molecular formula is C22H25N3O. The van der Waals surface area contributed by atoms with Crippen molar-refractivity contribution in [2.24, 2.45) is 4.99 Å². The van der Waals surface area contributed by atoms with Gasteiger partial charge in [-0.3, -0.25) is 4.90 Å². The van der Waals surface area contributed by atoms with E-state index in [1.54, 1.807) is 7.11 Å². The molecule has 0 N–H and O–H groups in total. The highest BCUT2D eigenvalue weighted by Gasteiger charge is 2.19. The maximum Gasteiger partial charge on any atom is 0.181 e. The molecule has 0 atom stereocenters. The van der Waals surface area contributed by atoms with Gasteiger partial charge in [0.15, 0.2) is 5.84 Å². The SMILES string of the molecule is C#CC(=Nc1ccc(OC)cc1)N1CCN(Cc2ccc(C)cc2)CC1. The van der Waals surface area contributed by atoms with Gasteiger partial charge in [0.2, 0.25) is 0 Å². The van der Waals surface area contributed by atoms with E-state index in [4.69, 9.17) is 11.2 Å². The van der Waals surface area contributed by atoms with E-state index in [2.05, 4.69) is 51.9 Å². The summed E-state index contributed by atoms with van der Waals surface area (Å²) in [6.07, 6.45) is 5.72. The Morgan fingerprint density at radius 2 is 1.69 bits per heavy atom. The molecule has 0 unspecified atom stereocenters. The zero-order valence-corrected chi connectivity index (χ0v) is 15.5. The smallest absolute Gasteiger partial charge is 0.181 e. The summed E-state index contributed by atoms with van der Waals surface area (Å²) < 4.78 is 5.18. The topological polar surface area (TPSA) is 28.1 Å². The van der Waals surface area contributed by atoms with Gasteiger partial charge in [-0.15, -0.1) is 6.42 Å². The number of terminal acetylenes is 1. The summed E-state index contributed by atoms with van der Waals surface area (Å²) in [6, 6.07) is 16.4. The first-order chi connectivity index (χ1) is 12.7. The van der Waals surface area contributed by atoms with Gasteiger partial charge >= 0.3 is 0 Å². The molecule has 0 bridgehead atoms. The minimum atomic E-state index is 0.699. The predicted octanol–water partition coefficient (Wildman–Crippen LogP) is 3.48. The van der Waals surface area contributed by atoms with Gasteiger partial charge in [-0.2, -0.15) is 0 Å². The van der Waals surface area contributed by atoms with Crippen LogP contribution in [0.1, 0.15) is 11.1 Å². The van der Waals surface area contributed by atoms with Crippen LogP contribution < -0.4 is 4.74 Å². The number of ether oxygens (including phenoxy) is 1. The molecule has 3 rings (SSSR count). The van der Waals surface area contributed by atoms with Gasteiger partial charge in [-0.25, -0.2) is 4.99 Å². The first kappa shape index (κ1) is 18.0. The monoisotopic (exact) mass is 347 g/mol. The van der Waals surface area contributed by atoms with Crippen molar-refractivity contribution >= 4 is 11.5 Å². The quantitative estimate of drug-likeness (QED) is 0.481. The lowest BCUT2D eigenvalue weighted by Gasteiger charge is -2.35. The average Bonchev–Trinajstić information content (AvgIpc) is 2.69. The molecule has 2 aromatic carbocycles. The zero-order chi connectivity index (χ0) is 18.4. The number of hydrogen-bond acceptors (Lipinski definition) is 3. The van der Waals surface area contributed by atoms with Gasteiger partial charge in [0.05, 0.1) is 12.8 Å². The molecule has 4 nitrogen and oxygen atoms in total. The van der Waals surface area contributed by atoms with Crippen LogP contribution in [-0.2, 0) is 6.54 Å². The zero-order valence-electron chi connectivity index (χ0n) is 15.5. The van der Waals surface area contributed by atoms with Crippen LogP contribution >= 0.6 is 0 Å². The Balaban J connectivity index is 1.59. The number of aryl methyl sites for hydroxylation is 1. The molecule has 1 heterocycles. The minimum Gasteiger partial charge on any atom is -0.497 e. The van der Waals surface area contributed by atoms with Crippen molar-refractivity contribution in [3.05, 3.63) is 59.7 Å². The van der Waals surface area contributed by atoms with Crippen molar-refractivity contribution in [1.29, 1.82) is 0 Å². The summed E-state index contributed by atoms with van der Waals surface area (Å²) >= 11 is 0. The van der Waals surface area contributed by atoms with Gasteiger partial charge in [-0.05, 0) is 42.7 Å². The molecule has 134 valence electrons. The summed E-state index contributed by atoms with van der Waals surface area (Å²) in [5.41, 5.74) is 3.50. The van der Waals surface area contributed by atoms with Crippen LogP contribution in [0.15, 0.2) is 53.5 Å². The molecule has 1 aliphatic heterocycles. The number of benzene rings is 2. The lowest BCUT2D eigenvalue weighted by atomic mass is 10.1. The van der Waals surface area contributed by atoms with Crippen LogP contribution in [0.2, 0.25) is 0 Å². The molecule has 1 saturated heterocycles. The largest absolute Gasteiger partial charge is 0.497 e. The Morgan fingerprint density at radius 1 is 1.04 bits per heavy atom. The highest BCUT2D eigenvalue weighted by atomic mass is 16.5. The van der Waals surface area contributed by atoms with E-state index in [-0.39, 0.29) is 0 Å². The third-order valence-corrected chi connectivity index (χ3v) is 4.64. The Kier molecular flexibility index (Phi) is 5.93. The maximum atomic E-state index is 5.72. The molecule has 0 aromatic heterocycles. The summed E-state index contributed by atoms with van der Waals surface area (Å²) in [5.74, 6) is 4.26. The predicted molar refractivity (Wildman–Crippen MR) is 107 cm³/mol. The fraction of sp³-hybridized carbons (Fsp3) is 0.318. The van der Waals surface area contributed by atoms with Crippen molar-refractivity contribution in [2.45, 2.75) is 13.5 Å². The van der Waals surface area contributed by atoms with E-state index in [0.717, 1.165) is 44.2 Å². The van der Waals surface area contributed by atoms with Crippen LogP contribution in [0.5, 0.6) is 5.75 Å². The maximum absolute atomic E-state index is 5.72. The Hall–Kier alpha value is -2.77. The van der Waals surface area contributed by atoms with Crippen LogP contribution in [0.3, 0.4) is 0 Å². The van der Waals surface area contributed by atoms with Crippen molar-refractivity contribution in [3.8, 4) is 18.1 Å². The van der Waals surface area contributed by atoms with E-state index in [0.29, 0.717) is 5.84 Å². The van der Waals surface area contributed by atoms with E-state index >= 15 is 0 Å². The van der Waals surface area contributed by atoms with Crippen LogP contribution in [0.4, 0.5) is 5.69 Å². The number of piperazine rings is 1. The lowest BCUT2D eigenvalue weighted by Crippen LogP contribution is -2.47. The molecule has 2 aromatic rings. The van der Waals surface area contributed by atoms with Crippen molar-refractivity contribution in [1.82, 2.24) is 9.80 Å². The molecule has 0 spiro atoms. The first-order valence-corrected chi connectivity index (χ1v) is 8.90. The van der Waals surface area contributed by atoms with E-state index in [9.17, 15) is 0 Å². The van der Waals surface area contributed by atoms with E-state index in [1.807, 2.05) is 24.3 Å². The summed E-state index contributed by atoms with van der Waals surface area (Å²) in [4.78, 5) is 9.28.